The molecule has 1 atom stereocenters. The lowest BCUT2D eigenvalue weighted by molar-refractivity contribution is 0.363. The molecule has 1 fully saturated rings. The Hall–Kier alpha value is -0.850. The van der Waals surface area contributed by atoms with Gasteiger partial charge in [-0.2, -0.15) is 16.7 Å². The van der Waals surface area contributed by atoms with Crippen LogP contribution in [-0.4, -0.2) is 34.2 Å². The first kappa shape index (κ1) is 14.1. The highest BCUT2D eigenvalue weighted by Crippen LogP contribution is 2.24. The first-order chi connectivity index (χ1) is 9.72. The summed E-state index contributed by atoms with van der Waals surface area (Å²) < 4.78 is 6.45. The minimum Gasteiger partial charge on any atom is -0.339 e. The summed E-state index contributed by atoms with van der Waals surface area (Å²) in [5.41, 5.74) is 2.16. The highest BCUT2D eigenvalue weighted by atomic mass is 79.9. The molecule has 106 valence electrons. The molecule has 1 unspecified atom stereocenters. The number of hydrogen-bond acceptors (Lipinski definition) is 5. The third-order valence-electron chi connectivity index (χ3n) is 3.32. The molecule has 0 bridgehead atoms. The monoisotopic (exact) mass is 353 g/mol. The SMILES string of the molecule is Cc1cc(Br)ccc1-c1noc(CC2CSCCN2)n1. The average molecular weight is 354 g/mol. The third kappa shape index (κ3) is 3.24. The molecule has 0 saturated carbocycles. The van der Waals surface area contributed by atoms with Crippen LogP contribution in [0.3, 0.4) is 0 Å². The molecule has 1 saturated heterocycles. The Kier molecular flexibility index (Phi) is 4.43. The Morgan fingerprint density at radius 3 is 3.15 bits per heavy atom. The first-order valence-electron chi connectivity index (χ1n) is 6.62. The fraction of sp³-hybridized carbons (Fsp3) is 0.429. The van der Waals surface area contributed by atoms with Gasteiger partial charge >= 0.3 is 0 Å². The van der Waals surface area contributed by atoms with E-state index in [0.717, 1.165) is 34.3 Å². The number of aryl methyl sites for hydroxylation is 1. The molecule has 1 N–H and O–H groups in total. The van der Waals surface area contributed by atoms with Crippen LogP contribution in [0.4, 0.5) is 0 Å². The minimum absolute atomic E-state index is 0.438. The van der Waals surface area contributed by atoms with E-state index < -0.39 is 0 Å². The van der Waals surface area contributed by atoms with Crippen molar-refractivity contribution in [1.29, 1.82) is 0 Å². The zero-order valence-electron chi connectivity index (χ0n) is 11.2. The van der Waals surface area contributed by atoms with Crippen molar-refractivity contribution in [1.82, 2.24) is 15.5 Å². The molecule has 1 aromatic carbocycles. The van der Waals surface area contributed by atoms with Gasteiger partial charge in [0.05, 0.1) is 0 Å². The average Bonchev–Trinajstić information content (AvgIpc) is 2.88. The van der Waals surface area contributed by atoms with Crippen LogP contribution in [0.2, 0.25) is 0 Å². The standard InChI is InChI=1S/C14H16BrN3OS/c1-9-6-10(15)2-3-12(9)14-17-13(19-18-14)7-11-8-20-5-4-16-11/h2-3,6,11,16H,4-5,7-8H2,1H3. The highest BCUT2D eigenvalue weighted by Gasteiger charge is 2.18. The molecule has 0 spiro atoms. The molecule has 0 radical (unpaired) electrons. The maximum Gasteiger partial charge on any atom is 0.228 e. The predicted molar refractivity (Wildman–Crippen MR) is 85.0 cm³/mol. The summed E-state index contributed by atoms with van der Waals surface area (Å²) in [5, 5.41) is 7.59. The van der Waals surface area contributed by atoms with E-state index in [0.29, 0.717) is 17.8 Å². The number of benzene rings is 1. The van der Waals surface area contributed by atoms with E-state index in [2.05, 4.69) is 44.4 Å². The quantitative estimate of drug-likeness (QED) is 0.918. The molecule has 1 aliphatic rings. The van der Waals surface area contributed by atoms with Gasteiger partial charge in [-0.15, -0.1) is 0 Å². The summed E-state index contributed by atoms with van der Waals surface area (Å²) in [6.45, 7) is 3.11. The maximum atomic E-state index is 5.38. The molecule has 6 heteroatoms. The van der Waals surface area contributed by atoms with E-state index in [-0.39, 0.29) is 0 Å². The predicted octanol–water partition coefficient (Wildman–Crippen LogP) is 3.06. The normalized spacial score (nSPS) is 19.2. The molecule has 3 rings (SSSR count). The highest BCUT2D eigenvalue weighted by molar-refractivity contribution is 9.10. The summed E-state index contributed by atoms with van der Waals surface area (Å²) in [6.07, 6.45) is 0.801. The smallest absolute Gasteiger partial charge is 0.228 e. The van der Waals surface area contributed by atoms with Crippen molar-refractivity contribution in [2.24, 2.45) is 0 Å². The van der Waals surface area contributed by atoms with Gasteiger partial charge in [-0.3, -0.25) is 0 Å². The van der Waals surface area contributed by atoms with Crippen molar-refractivity contribution < 1.29 is 4.52 Å². The van der Waals surface area contributed by atoms with Gasteiger partial charge in [0.2, 0.25) is 11.7 Å². The summed E-state index contributed by atoms with van der Waals surface area (Å²) in [6, 6.07) is 6.51. The third-order valence-corrected chi connectivity index (χ3v) is 4.94. The van der Waals surface area contributed by atoms with Crippen LogP contribution in [0.25, 0.3) is 11.4 Å². The molecule has 20 heavy (non-hydrogen) atoms. The Bertz CT molecular complexity index is 596. The zero-order valence-corrected chi connectivity index (χ0v) is 13.6. The van der Waals surface area contributed by atoms with E-state index in [9.17, 15) is 0 Å². The summed E-state index contributed by atoms with van der Waals surface area (Å²) in [7, 11) is 0. The molecule has 1 aromatic heterocycles. The molecular formula is C14H16BrN3OS. The second-order valence-corrected chi connectivity index (χ2v) is 6.97. The summed E-state index contributed by atoms with van der Waals surface area (Å²) >= 11 is 5.44. The Morgan fingerprint density at radius 2 is 2.40 bits per heavy atom. The van der Waals surface area contributed by atoms with Gasteiger partial charge < -0.3 is 9.84 Å². The van der Waals surface area contributed by atoms with Gasteiger partial charge in [0, 0.05) is 40.5 Å². The van der Waals surface area contributed by atoms with Crippen LogP contribution < -0.4 is 5.32 Å². The number of hydrogen-bond donors (Lipinski definition) is 1. The fourth-order valence-electron chi connectivity index (χ4n) is 2.29. The Balaban J connectivity index is 1.75. The van der Waals surface area contributed by atoms with Crippen LogP contribution in [0.15, 0.2) is 27.2 Å². The number of rotatable bonds is 3. The van der Waals surface area contributed by atoms with E-state index in [4.69, 9.17) is 4.52 Å². The second-order valence-electron chi connectivity index (χ2n) is 4.90. The van der Waals surface area contributed by atoms with Crippen LogP contribution in [0, 0.1) is 6.92 Å². The lowest BCUT2D eigenvalue weighted by atomic mass is 10.1. The summed E-state index contributed by atoms with van der Waals surface area (Å²) in [5.74, 6) is 3.68. The van der Waals surface area contributed by atoms with E-state index in [1.165, 1.54) is 5.75 Å². The molecule has 0 amide bonds. The van der Waals surface area contributed by atoms with E-state index >= 15 is 0 Å². The molecule has 4 nitrogen and oxygen atoms in total. The molecule has 2 aromatic rings. The second kappa shape index (κ2) is 6.28. The number of aromatic nitrogens is 2. The van der Waals surface area contributed by atoms with Gasteiger partial charge in [0.15, 0.2) is 0 Å². The molecule has 1 aliphatic heterocycles. The molecule has 2 heterocycles. The topological polar surface area (TPSA) is 51.0 Å². The van der Waals surface area contributed by atoms with Crippen molar-refractivity contribution >= 4 is 27.7 Å². The van der Waals surface area contributed by atoms with Crippen LogP contribution in [0.1, 0.15) is 11.5 Å². The Morgan fingerprint density at radius 1 is 1.50 bits per heavy atom. The van der Waals surface area contributed by atoms with Gasteiger partial charge in [-0.25, -0.2) is 0 Å². The molecular weight excluding hydrogens is 338 g/mol. The van der Waals surface area contributed by atoms with Crippen LogP contribution in [0.5, 0.6) is 0 Å². The number of halogens is 1. The van der Waals surface area contributed by atoms with Crippen molar-refractivity contribution in [2.45, 2.75) is 19.4 Å². The minimum atomic E-state index is 0.438. The van der Waals surface area contributed by atoms with Crippen molar-refractivity contribution in [3.05, 3.63) is 34.1 Å². The summed E-state index contributed by atoms with van der Waals surface area (Å²) in [4.78, 5) is 4.52. The van der Waals surface area contributed by atoms with E-state index in [1.807, 2.05) is 23.9 Å². The van der Waals surface area contributed by atoms with Crippen molar-refractivity contribution in [3.63, 3.8) is 0 Å². The maximum absolute atomic E-state index is 5.38. The first-order valence-corrected chi connectivity index (χ1v) is 8.57. The number of thioether (sulfide) groups is 1. The number of nitrogens with zero attached hydrogens (tertiary/aromatic N) is 2. The van der Waals surface area contributed by atoms with Crippen LogP contribution in [-0.2, 0) is 6.42 Å². The van der Waals surface area contributed by atoms with Gasteiger partial charge in [-0.05, 0) is 30.7 Å². The lowest BCUT2D eigenvalue weighted by Gasteiger charge is -2.21. The fourth-order valence-corrected chi connectivity index (χ4v) is 3.71. The van der Waals surface area contributed by atoms with Gasteiger partial charge in [-0.1, -0.05) is 21.1 Å². The van der Waals surface area contributed by atoms with Crippen molar-refractivity contribution in [2.75, 3.05) is 18.1 Å². The van der Waals surface area contributed by atoms with Crippen LogP contribution >= 0.6 is 27.7 Å². The largest absolute Gasteiger partial charge is 0.339 e. The van der Waals surface area contributed by atoms with Gasteiger partial charge in [0.25, 0.3) is 0 Å². The van der Waals surface area contributed by atoms with Crippen molar-refractivity contribution in [3.8, 4) is 11.4 Å². The zero-order chi connectivity index (χ0) is 13.9. The van der Waals surface area contributed by atoms with E-state index in [1.54, 1.807) is 0 Å². The Labute approximate surface area is 130 Å². The number of nitrogens with one attached hydrogen (secondary N) is 1. The van der Waals surface area contributed by atoms with Gasteiger partial charge in [0.1, 0.15) is 0 Å². The lowest BCUT2D eigenvalue weighted by Crippen LogP contribution is -2.38. The molecule has 0 aliphatic carbocycles.